The Kier molecular flexibility index (Phi) is 3.44. The highest BCUT2D eigenvalue weighted by atomic mass is 79.9. The fourth-order valence-corrected chi connectivity index (χ4v) is 2.32. The summed E-state index contributed by atoms with van der Waals surface area (Å²) < 4.78 is 43.4. The SMILES string of the molecule is COc1cc(C(F)(F)F)cc(Br)c1-c1cn[nH]c1N. The van der Waals surface area contributed by atoms with Gasteiger partial charge in [-0.3, -0.25) is 5.10 Å². The van der Waals surface area contributed by atoms with Crippen molar-refractivity contribution in [1.82, 2.24) is 10.2 Å². The summed E-state index contributed by atoms with van der Waals surface area (Å²) >= 11 is 3.11. The van der Waals surface area contributed by atoms with Crippen LogP contribution in [-0.4, -0.2) is 17.3 Å². The molecule has 19 heavy (non-hydrogen) atoms. The summed E-state index contributed by atoms with van der Waals surface area (Å²) in [7, 11) is 1.29. The number of benzene rings is 1. The number of alkyl halides is 3. The van der Waals surface area contributed by atoms with Crippen LogP contribution in [0.2, 0.25) is 0 Å². The Balaban J connectivity index is 2.67. The quantitative estimate of drug-likeness (QED) is 0.883. The third-order valence-electron chi connectivity index (χ3n) is 2.54. The van der Waals surface area contributed by atoms with Crippen LogP contribution >= 0.6 is 15.9 Å². The van der Waals surface area contributed by atoms with Crippen molar-refractivity contribution in [2.24, 2.45) is 0 Å². The highest BCUT2D eigenvalue weighted by molar-refractivity contribution is 9.10. The van der Waals surface area contributed by atoms with E-state index in [0.717, 1.165) is 12.1 Å². The van der Waals surface area contributed by atoms with Crippen LogP contribution in [0.1, 0.15) is 5.56 Å². The summed E-state index contributed by atoms with van der Waals surface area (Å²) in [6.45, 7) is 0. The van der Waals surface area contributed by atoms with E-state index in [4.69, 9.17) is 10.5 Å². The Morgan fingerprint density at radius 2 is 2.05 bits per heavy atom. The van der Waals surface area contributed by atoms with Crippen LogP contribution in [0, 0.1) is 0 Å². The van der Waals surface area contributed by atoms with E-state index in [1.165, 1.54) is 13.3 Å². The third-order valence-corrected chi connectivity index (χ3v) is 3.16. The van der Waals surface area contributed by atoms with Crippen LogP contribution in [0.3, 0.4) is 0 Å². The average molecular weight is 336 g/mol. The van der Waals surface area contributed by atoms with Gasteiger partial charge in [-0.15, -0.1) is 0 Å². The van der Waals surface area contributed by atoms with Gasteiger partial charge in [0.2, 0.25) is 0 Å². The molecule has 0 radical (unpaired) electrons. The van der Waals surface area contributed by atoms with Crippen molar-refractivity contribution in [3.05, 3.63) is 28.4 Å². The molecule has 0 aliphatic rings. The normalized spacial score (nSPS) is 11.6. The zero-order valence-electron chi connectivity index (χ0n) is 9.68. The zero-order valence-corrected chi connectivity index (χ0v) is 11.3. The summed E-state index contributed by atoms with van der Waals surface area (Å²) in [6, 6.07) is 1.90. The van der Waals surface area contributed by atoms with Gasteiger partial charge in [0.05, 0.1) is 18.9 Å². The number of nitrogens with one attached hydrogen (secondary N) is 1. The molecule has 3 N–H and O–H groups in total. The minimum Gasteiger partial charge on any atom is -0.496 e. The predicted octanol–water partition coefficient (Wildman–Crippen LogP) is 3.45. The number of nitrogen functional groups attached to an aromatic ring is 1. The number of rotatable bonds is 2. The minimum absolute atomic E-state index is 0.0646. The number of methoxy groups -OCH3 is 1. The van der Waals surface area contributed by atoms with Crippen molar-refractivity contribution in [2.75, 3.05) is 12.8 Å². The molecule has 1 heterocycles. The molecule has 102 valence electrons. The molecule has 0 fully saturated rings. The van der Waals surface area contributed by atoms with Crippen molar-refractivity contribution in [3.8, 4) is 16.9 Å². The van der Waals surface area contributed by atoms with Gasteiger partial charge in [0, 0.05) is 15.6 Å². The summed E-state index contributed by atoms with van der Waals surface area (Å²) in [5.41, 5.74) is 5.76. The molecule has 1 aromatic carbocycles. The van der Waals surface area contributed by atoms with E-state index in [-0.39, 0.29) is 16.0 Å². The molecule has 0 bridgehead atoms. The number of nitrogens with zero attached hydrogens (tertiary/aromatic N) is 1. The molecule has 2 aromatic rings. The van der Waals surface area contributed by atoms with Crippen molar-refractivity contribution in [3.63, 3.8) is 0 Å². The van der Waals surface area contributed by atoms with Crippen molar-refractivity contribution in [1.29, 1.82) is 0 Å². The maximum atomic E-state index is 12.7. The largest absolute Gasteiger partial charge is 0.496 e. The number of aromatic nitrogens is 2. The van der Waals surface area contributed by atoms with Crippen molar-refractivity contribution in [2.45, 2.75) is 6.18 Å². The van der Waals surface area contributed by atoms with Gasteiger partial charge < -0.3 is 10.5 Å². The summed E-state index contributed by atoms with van der Waals surface area (Å²) in [5, 5.41) is 6.26. The number of hydrogen-bond acceptors (Lipinski definition) is 3. The molecule has 0 atom stereocenters. The standard InChI is InChI=1S/C11H9BrF3N3O/c1-19-8-3-5(11(13,14)15)2-7(12)9(8)6-4-17-18-10(6)16/h2-4H,1H3,(H3,16,17,18). The molecule has 8 heteroatoms. The monoisotopic (exact) mass is 335 g/mol. The minimum atomic E-state index is -4.45. The van der Waals surface area contributed by atoms with Gasteiger partial charge in [0.25, 0.3) is 0 Å². The molecular weight excluding hydrogens is 327 g/mol. The zero-order chi connectivity index (χ0) is 14.2. The first kappa shape index (κ1) is 13.7. The number of nitrogens with two attached hydrogens (primary N) is 1. The molecule has 0 unspecified atom stereocenters. The lowest BCUT2D eigenvalue weighted by molar-refractivity contribution is -0.137. The number of H-pyrrole nitrogens is 1. The lowest BCUT2D eigenvalue weighted by Crippen LogP contribution is -2.06. The van der Waals surface area contributed by atoms with E-state index in [9.17, 15) is 13.2 Å². The third kappa shape index (κ3) is 2.53. The van der Waals surface area contributed by atoms with Gasteiger partial charge in [-0.2, -0.15) is 18.3 Å². The summed E-state index contributed by atoms with van der Waals surface area (Å²) in [4.78, 5) is 0. The predicted molar refractivity (Wildman–Crippen MR) is 67.7 cm³/mol. The second-order valence-corrected chi connectivity index (χ2v) is 4.58. The number of aromatic amines is 1. The summed E-state index contributed by atoms with van der Waals surface area (Å²) in [5.74, 6) is 0.313. The van der Waals surface area contributed by atoms with E-state index in [0.29, 0.717) is 11.1 Å². The lowest BCUT2D eigenvalue weighted by atomic mass is 10.0. The Bertz CT molecular complexity index is 610. The van der Waals surface area contributed by atoms with Crippen LogP contribution < -0.4 is 10.5 Å². The molecule has 1 aromatic heterocycles. The molecule has 4 nitrogen and oxygen atoms in total. The maximum Gasteiger partial charge on any atom is 0.416 e. The van der Waals surface area contributed by atoms with Crippen LogP contribution in [0.5, 0.6) is 5.75 Å². The second kappa shape index (κ2) is 4.76. The van der Waals surface area contributed by atoms with Crippen molar-refractivity contribution >= 4 is 21.7 Å². The highest BCUT2D eigenvalue weighted by Crippen LogP contribution is 2.43. The highest BCUT2D eigenvalue weighted by Gasteiger charge is 2.32. The van der Waals surface area contributed by atoms with E-state index in [2.05, 4.69) is 26.1 Å². The average Bonchev–Trinajstić information content (AvgIpc) is 2.73. The Morgan fingerprint density at radius 1 is 1.37 bits per heavy atom. The Labute approximate surface area is 114 Å². The van der Waals surface area contributed by atoms with Crippen LogP contribution in [0.4, 0.5) is 19.0 Å². The van der Waals surface area contributed by atoms with Crippen LogP contribution in [-0.2, 0) is 6.18 Å². The molecule has 0 aliphatic heterocycles. The van der Waals surface area contributed by atoms with E-state index in [1.807, 2.05) is 0 Å². The smallest absolute Gasteiger partial charge is 0.416 e. The first-order valence-electron chi connectivity index (χ1n) is 5.08. The molecule has 0 amide bonds. The molecule has 0 saturated carbocycles. The van der Waals surface area contributed by atoms with Gasteiger partial charge in [0.1, 0.15) is 11.6 Å². The van der Waals surface area contributed by atoms with Crippen LogP contribution in [0.15, 0.2) is 22.8 Å². The second-order valence-electron chi connectivity index (χ2n) is 3.73. The fourth-order valence-electron chi connectivity index (χ4n) is 1.66. The van der Waals surface area contributed by atoms with E-state index in [1.54, 1.807) is 0 Å². The first-order chi connectivity index (χ1) is 8.84. The first-order valence-corrected chi connectivity index (χ1v) is 5.88. The molecule has 0 aliphatic carbocycles. The molecule has 0 spiro atoms. The number of anilines is 1. The van der Waals surface area contributed by atoms with Gasteiger partial charge in [0.15, 0.2) is 0 Å². The van der Waals surface area contributed by atoms with E-state index < -0.39 is 11.7 Å². The molecule has 0 saturated heterocycles. The maximum absolute atomic E-state index is 12.7. The van der Waals surface area contributed by atoms with Gasteiger partial charge >= 0.3 is 6.18 Å². The summed E-state index contributed by atoms with van der Waals surface area (Å²) in [6.07, 6.45) is -3.03. The number of ether oxygens (including phenoxy) is 1. The van der Waals surface area contributed by atoms with Crippen LogP contribution in [0.25, 0.3) is 11.1 Å². The Morgan fingerprint density at radius 3 is 2.53 bits per heavy atom. The number of halogens is 4. The van der Waals surface area contributed by atoms with Crippen molar-refractivity contribution < 1.29 is 17.9 Å². The topological polar surface area (TPSA) is 63.9 Å². The molecular formula is C11H9BrF3N3O. The van der Waals surface area contributed by atoms with Gasteiger partial charge in [-0.1, -0.05) is 0 Å². The van der Waals surface area contributed by atoms with Gasteiger partial charge in [-0.25, -0.2) is 0 Å². The number of hydrogen-bond donors (Lipinski definition) is 2. The van der Waals surface area contributed by atoms with E-state index >= 15 is 0 Å². The molecule has 2 rings (SSSR count). The van der Waals surface area contributed by atoms with Gasteiger partial charge in [-0.05, 0) is 28.1 Å². The Hall–Kier alpha value is -1.70. The lowest BCUT2D eigenvalue weighted by Gasteiger charge is -2.14. The fraction of sp³-hybridized carbons (Fsp3) is 0.182.